The van der Waals surface area contributed by atoms with E-state index in [0.717, 1.165) is 27.5 Å². The number of anilines is 1. The van der Waals surface area contributed by atoms with Crippen LogP contribution in [0.4, 0.5) is 5.69 Å². The lowest BCUT2D eigenvalue weighted by Crippen LogP contribution is -2.11. The number of benzene rings is 1. The SMILES string of the molecule is CNc1cccc(-c2nc(-c3cc(C#N)c(=O)[nH]c3C)cs2)c1. The molecule has 0 saturated heterocycles. The first-order valence-corrected chi connectivity index (χ1v) is 7.88. The van der Waals surface area contributed by atoms with Crippen molar-refractivity contribution in [3.8, 4) is 27.9 Å². The first kappa shape index (κ1) is 15.0. The molecule has 114 valence electrons. The summed E-state index contributed by atoms with van der Waals surface area (Å²) in [6, 6.07) is 11.5. The standard InChI is InChI=1S/C17H14N4OS/c1-10-14(7-12(8-18)16(22)20-10)15-9-23-17(21-15)11-4-3-5-13(6-11)19-2/h3-7,9,19H,1-2H3,(H,20,22). The Morgan fingerprint density at radius 3 is 2.91 bits per heavy atom. The predicted molar refractivity (Wildman–Crippen MR) is 92.6 cm³/mol. The maximum Gasteiger partial charge on any atom is 0.266 e. The van der Waals surface area contributed by atoms with E-state index >= 15 is 0 Å². The Hall–Kier alpha value is -2.91. The fourth-order valence-electron chi connectivity index (χ4n) is 2.31. The number of hydrogen-bond donors (Lipinski definition) is 2. The zero-order valence-corrected chi connectivity index (χ0v) is 13.5. The molecule has 0 atom stereocenters. The quantitative estimate of drug-likeness (QED) is 0.774. The third kappa shape index (κ3) is 2.87. The molecule has 0 amide bonds. The molecule has 0 unspecified atom stereocenters. The van der Waals surface area contributed by atoms with Crippen molar-refractivity contribution in [3.63, 3.8) is 0 Å². The molecule has 2 aromatic heterocycles. The maximum atomic E-state index is 11.6. The van der Waals surface area contributed by atoms with E-state index in [-0.39, 0.29) is 11.1 Å². The van der Waals surface area contributed by atoms with Crippen LogP contribution >= 0.6 is 11.3 Å². The van der Waals surface area contributed by atoms with Crippen molar-refractivity contribution < 1.29 is 0 Å². The second-order valence-corrected chi connectivity index (χ2v) is 5.89. The Morgan fingerprint density at radius 1 is 1.35 bits per heavy atom. The van der Waals surface area contributed by atoms with E-state index in [4.69, 9.17) is 5.26 Å². The third-order valence-corrected chi connectivity index (χ3v) is 4.43. The first-order valence-electron chi connectivity index (χ1n) is 7.00. The summed E-state index contributed by atoms with van der Waals surface area (Å²) in [6.45, 7) is 1.80. The van der Waals surface area contributed by atoms with Gasteiger partial charge in [-0.1, -0.05) is 12.1 Å². The summed E-state index contributed by atoms with van der Waals surface area (Å²) in [5.74, 6) is 0. The number of thiazole rings is 1. The molecule has 3 rings (SSSR count). The Bertz CT molecular complexity index is 965. The second kappa shape index (κ2) is 6.07. The van der Waals surface area contributed by atoms with Crippen LogP contribution in [-0.2, 0) is 0 Å². The zero-order valence-electron chi connectivity index (χ0n) is 12.7. The largest absolute Gasteiger partial charge is 0.388 e. The van der Waals surface area contributed by atoms with Crippen LogP contribution < -0.4 is 10.9 Å². The van der Waals surface area contributed by atoms with Crippen molar-refractivity contribution in [2.45, 2.75) is 6.92 Å². The molecule has 6 heteroatoms. The number of pyridine rings is 1. The monoisotopic (exact) mass is 322 g/mol. The highest BCUT2D eigenvalue weighted by Gasteiger charge is 2.12. The summed E-state index contributed by atoms with van der Waals surface area (Å²) in [7, 11) is 1.87. The summed E-state index contributed by atoms with van der Waals surface area (Å²) < 4.78 is 0. The number of aromatic amines is 1. The van der Waals surface area contributed by atoms with E-state index in [1.165, 1.54) is 11.3 Å². The molecule has 3 aromatic rings. The molecule has 0 aliphatic rings. The van der Waals surface area contributed by atoms with Gasteiger partial charge in [0.15, 0.2) is 0 Å². The molecule has 0 saturated carbocycles. The number of rotatable bonds is 3. The van der Waals surface area contributed by atoms with E-state index in [1.807, 2.05) is 42.8 Å². The normalized spacial score (nSPS) is 10.3. The van der Waals surface area contributed by atoms with Crippen molar-refractivity contribution in [2.75, 3.05) is 12.4 Å². The number of hydrogen-bond acceptors (Lipinski definition) is 5. The highest BCUT2D eigenvalue weighted by Crippen LogP contribution is 2.31. The third-order valence-electron chi connectivity index (χ3n) is 3.54. The molecule has 2 N–H and O–H groups in total. The van der Waals surface area contributed by atoms with Crippen LogP contribution in [0.15, 0.2) is 40.5 Å². The van der Waals surface area contributed by atoms with Crippen LogP contribution in [0, 0.1) is 18.3 Å². The van der Waals surface area contributed by atoms with Crippen LogP contribution in [0.3, 0.4) is 0 Å². The van der Waals surface area contributed by atoms with Gasteiger partial charge in [-0.25, -0.2) is 4.98 Å². The summed E-state index contributed by atoms with van der Waals surface area (Å²) in [6.07, 6.45) is 0. The lowest BCUT2D eigenvalue weighted by molar-refractivity contribution is 1.13. The van der Waals surface area contributed by atoms with Crippen LogP contribution in [0.1, 0.15) is 11.3 Å². The average molecular weight is 322 g/mol. The van der Waals surface area contributed by atoms with Crippen molar-refractivity contribution in [1.29, 1.82) is 5.26 Å². The van der Waals surface area contributed by atoms with Gasteiger partial charge in [0, 0.05) is 34.9 Å². The van der Waals surface area contributed by atoms with Gasteiger partial charge in [-0.3, -0.25) is 4.79 Å². The molecule has 0 fully saturated rings. The van der Waals surface area contributed by atoms with E-state index in [2.05, 4.69) is 15.3 Å². The van der Waals surface area contributed by atoms with E-state index < -0.39 is 0 Å². The Morgan fingerprint density at radius 2 is 2.17 bits per heavy atom. The molecular weight excluding hydrogens is 308 g/mol. The van der Waals surface area contributed by atoms with Gasteiger partial charge in [-0.05, 0) is 25.1 Å². The number of aromatic nitrogens is 2. The lowest BCUT2D eigenvalue weighted by Gasteiger charge is -2.03. The number of aryl methyl sites for hydroxylation is 1. The predicted octanol–water partition coefficient (Wildman–Crippen LogP) is 3.39. The minimum atomic E-state index is -0.370. The van der Waals surface area contributed by atoms with Gasteiger partial charge in [-0.2, -0.15) is 5.26 Å². The van der Waals surface area contributed by atoms with Crippen molar-refractivity contribution >= 4 is 17.0 Å². The van der Waals surface area contributed by atoms with Crippen molar-refractivity contribution in [2.24, 2.45) is 0 Å². The van der Waals surface area contributed by atoms with Gasteiger partial charge in [0.05, 0.1) is 5.69 Å². The van der Waals surface area contributed by atoms with Gasteiger partial charge in [0.25, 0.3) is 5.56 Å². The Labute approximate surface area is 137 Å². The van der Waals surface area contributed by atoms with E-state index in [0.29, 0.717) is 5.69 Å². The molecule has 1 aromatic carbocycles. The molecule has 0 radical (unpaired) electrons. The molecule has 2 heterocycles. The molecule has 5 nitrogen and oxygen atoms in total. The molecular formula is C17H14N4OS. The summed E-state index contributed by atoms with van der Waals surface area (Å²) >= 11 is 1.53. The molecule has 0 spiro atoms. The van der Waals surface area contributed by atoms with Gasteiger partial charge >= 0.3 is 0 Å². The maximum absolute atomic E-state index is 11.6. The minimum Gasteiger partial charge on any atom is -0.388 e. The second-order valence-electron chi connectivity index (χ2n) is 5.03. The minimum absolute atomic E-state index is 0.0948. The van der Waals surface area contributed by atoms with Crippen LogP contribution in [0.25, 0.3) is 21.8 Å². The molecule has 23 heavy (non-hydrogen) atoms. The number of nitrogens with zero attached hydrogens (tertiary/aromatic N) is 2. The van der Waals surface area contributed by atoms with E-state index in [1.54, 1.807) is 13.0 Å². The molecule has 0 aliphatic heterocycles. The fraction of sp³-hybridized carbons (Fsp3) is 0.118. The van der Waals surface area contributed by atoms with Gasteiger partial charge in [-0.15, -0.1) is 11.3 Å². The summed E-state index contributed by atoms with van der Waals surface area (Å²) in [4.78, 5) is 19.0. The van der Waals surface area contributed by atoms with Crippen molar-refractivity contribution in [1.82, 2.24) is 9.97 Å². The van der Waals surface area contributed by atoms with Crippen LogP contribution in [-0.4, -0.2) is 17.0 Å². The average Bonchev–Trinajstić information content (AvgIpc) is 3.05. The van der Waals surface area contributed by atoms with Crippen molar-refractivity contribution in [3.05, 3.63) is 57.3 Å². The van der Waals surface area contributed by atoms with E-state index in [9.17, 15) is 4.79 Å². The Kier molecular flexibility index (Phi) is 3.96. The highest BCUT2D eigenvalue weighted by atomic mass is 32.1. The Balaban J connectivity index is 2.06. The van der Waals surface area contributed by atoms with Gasteiger partial charge < -0.3 is 10.3 Å². The van der Waals surface area contributed by atoms with Gasteiger partial charge in [0.2, 0.25) is 0 Å². The first-order chi connectivity index (χ1) is 11.1. The van der Waals surface area contributed by atoms with Crippen LogP contribution in [0.5, 0.6) is 0 Å². The molecule has 0 bridgehead atoms. The molecule has 0 aliphatic carbocycles. The smallest absolute Gasteiger partial charge is 0.266 e. The highest BCUT2D eigenvalue weighted by molar-refractivity contribution is 7.13. The zero-order chi connectivity index (χ0) is 16.4. The van der Waals surface area contributed by atoms with Gasteiger partial charge in [0.1, 0.15) is 16.6 Å². The number of nitrogens with one attached hydrogen (secondary N) is 2. The summed E-state index contributed by atoms with van der Waals surface area (Å²) in [5.41, 5.74) is 4.00. The van der Waals surface area contributed by atoms with Crippen LogP contribution in [0.2, 0.25) is 0 Å². The number of H-pyrrole nitrogens is 1. The topological polar surface area (TPSA) is 81.6 Å². The fourth-order valence-corrected chi connectivity index (χ4v) is 3.13. The lowest BCUT2D eigenvalue weighted by atomic mass is 10.1. The number of nitriles is 1. The summed E-state index contributed by atoms with van der Waals surface area (Å²) in [5, 5.41) is 15.0.